The molecule has 0 saturated heterocycles. The Bertz CT molecular complexity index is 1630. The molecule has 3 N–H and O–H groups in total. The third kappa shape index (κ3) is 12.4. The normalized spacial score (nSPS) is 14.1. The molecular weight excluding hydrogens is 622 g/mol. The molecule has 2 rings (SSSR count). The summed E-state index contributed by atoms with van der Waals surface area (Å²) >= 11 is 0. The Balaban J connectivity index is 0.00000541. The number of aromatic nitrogens is 1. The number of halogens is 6. The van der Waals surface area contributed by atoms with Gasteiger partial charge in [-0.25, -0.2) is 26.3 Å². The maximum atomic E-state index is 15.1. The molecule has 0 unspecified atom stereocenters. The van der Waals surface area contributed by atoms with Crippen LogP contribution in [0, 0.1) is 24.5 Å². The number of nitrogens with two attached hydrogens (primary N) is 1. The van der Waals surface area contributed by atoms with Gasteiger partial charge in [0.15, 0.2) is 5.82 Å². The molecule has 0 amide bonds. The Labute approximate surface area is 271 Å². The maximum absolute atomic E-state index is 15.1. The lowest BCUT2D eigenvalue weighted by Crippen LogP contribution is -2.23. The van der Waals surface area contributed by atoms with Gasteiger partial charge in [-0.2, -0.15) is 0 Å². The van der Waals surface area contributed by atoms with Gasteiger partial charge in [0.1, 0.15) is 17.5 Å². The first-order valence-corrected chi connectivity index (χ1v) is 14.1. The molecule has 0 saturated carbocycles. The first-order valence-electron chi connectivity index (χ1n) is 14.1. The molecule has 1 heterocycles. The number of allylic oxidation sites excluding steroid dienone is 6. The summed E-state index contributed by atoms with van der Waals surface area (Å²) in [5, 5.41) is 2.89. The molecule has 6 nitrogen and oxygen atoms in total. The fraction of sp³-hybridized carbons (Fsp3) is 0.286. The van der Waals surface area contributed by atoms with Crippen LogP contribution >= 0.6 is 0 Å². The molecule has 0 aliphatic heterocycles. The largest absolute Gasteiger partial charge is 0.404 e. The van der Waals surface area contributed by atoms with Crippen molar-refractivity contribution < 1.29 is 31.1 Å². The number of anilines is 1. The van der Waals surface area contributed by atoms with Crippen molar-refractivity contribution in [2.75, 3.05) is 33.1 Å². The fourth-order valence-corrected chi connectivity index (χ4v) is 4.28. The smallest absolute Gasteiger partial charge is 0.286 e. The zero-order valence-electron chi connectivity index (χ0n) is 27.1. The minimum absolute atomic E-state index is 0.0377. The molecule has 0 radical (unpaired) electrons. The molecule has 0 aliphatic carbocycles. The van der Waals surface area contributed by atoms with Crippen molar-refractivity contribution in [1.29, 1.82) is 0 Å². The van der Waals surface area contributed by atoms with Crippen LogP contribution in [0.3, 0.4) is 0 Å². The molecule has 1 aromatic carbocycles. The summed E-state index contributed by atoms with van der Waals surface area (Å²) < 4.78 is 90.8. The van der Waals surface area contributed by atoms with E-state index in [1.54, 1.807) is 32.8 Å². The summed E-state index contributed by atoms with van der Waals surface area (Å²) in [7, 11) is 6.13. The first-order chi connectivity index (χ1) is 22.2. The highest BCUT2D eigenvalue weighted by molar-refractivity contribution is 5.55. The fourth-order valence-electron chi connectivity index (χ4n) is 4.28. The number of alkyl halides is 2. The van der Waals surface area contributed by atoms with Gasteiger partial charge in [0.25, 0.3) is 12.0 Å². The van der Waals surface area contributed by atoms with Gasteiger partial charge in [0, 0.05) is 75.1 Å². The van der Waals surface area contributed by atoms with Crippen LogP contribution in [0.1, 0.15) is 31.5 Å². The highest BCUT2D eigenvalue weighted by Crippen LogP contribution is 2.29. The average molecular weight is 663 g/mol. The van der Waals surface area contributed by atoms with Crippen molar-refractivity contribution in [3.63, 3.8) is 0 Å². The summed E-state index contributed by atoms with van der Waals surface area (Å²) in [4.78, 5) is 13.5. The van der Waals surface area contributed by atoms with E-state index in [4.69, 9.17) is 10.5 Å². The van der Waals surface area contributed by atoms with Gasteiger partial charge in [-0.15, -0.1) is 12.8 Å². The molecule has 2 aromatic rings. The predicted octanol–water partition coefficient (Wildman–Crippen LogP) is 7.41. The third-order valence-electron chi connectivity index (χ3n) is 6.60. The number of nitrogens with one attached hydrogen (secondary N) is 1. The summed E-state index contributed by atoms with van der Waals surface area (Å²) in [6.45, 7) is 3.46. The van der Waals surface area contributed by atoms with Crippen molar-refractivity contribution in [3.8, 4) is 12.8 Å². The first kappa shape index (κ1) is 40.1. The molecule has 0 aliphatic rings. The predicted molar refractivity (Wildman–Crippen MR) is 176 cm³/mol. The highest BCUT2D eigenvalue weighted by Gasteiger charge is 2.17. The van der Waals surface area contributed by atoms with Crippen LogP contribution in [0.4, 0.5) is 32.0 Å². The molecule has 47 heavy (non-hydrogen) atoms. The van der Waals surface area contributed by atoms with Crippen LogP contribution < -0.4 is 16.6 Å². The number of methoxy groups -OCH3 is 1. The standard InChI is InChI=1S/C33H38F6N4O2.C2H2/c1-20(19-45-6)13-25(35)14-22(21(2)41-30-11-8-24(34)17-28(30)32(38)39)7-12-31(42(3)4)23(18-40)15-26(36)16-27-9-10-29(37)33(44)43(27)5;1-2/h7-15,17-18,21,32,41H,16,19,40H2,1-6H3;1-2H/b20-13+,22-7-,23-18+,25-14+,26-15+,31-12-;/t21-;/m1./s1. The Morgan fingerprint density at radius 3 is 2.32 bits per heavy atom. The number of likely N-dealkylation sites (N-methyl/N-ethyl adjacent to an activating group) is 1. The number of nitrogens with zero attached hydrogens (tertiary/aromatic N) is 2. The molecule has 254 valence electrons. The van der Waals surface area contributed by atoms with E-state index in [0.717, 1.165) is 35.0 Å². The molecule has 0 spiro atoms. The monoisotopic (exact) mass is 662 g/mol. The quantitative estimate of drug-likeness (QED) is 0.125. The molecule has 1 atom stereocenters. The Morgan fingerprint density at radius 1 is 1.09 bits per heavy atom. The summed E-state index contributed by atoms with van der Waals surface area (Å²) in [6, 6.07) is 4.42. The number of terminal acetylenes is 1. The van der Waals surface area contributed by atoms with E-state index in [0.29, 0.717) is 16.8 Å². The van der Waals surface area contributed by atoms with E-state index in [1.807, 2.05) is 0 Å². The van der Waals surface area contributed by atoms with Gasteiger partial charge in [-0.3, -0.25) is 4.79 Å². The zero-order valence-corrected chi connectivity index (χ0v) is 27.1. The van der Waals surface area contributed by atoms with Crippen molar-refractivity contribution in [2.45, 2.75) is 32.7 Å². The van der Waals surface area contributed by atoms with Gasteiger partial charge in [0.2, 0.25) is 0 Å². The van der Waals surface area contributed by atoms with Crippen molar-refractivity contribution >= 4 is 5.69 Å². The number of hydrogen-bond donors (Lipinski definition) is 2. The van der Waals surface area contributed by atoms with Gasteiger partial charge in [0.05, 0.1) is 6.61 Å². The lowest BCUT2D eigenvalue weighted by atomic mass is 10.0. The second kappa shape index (κ2) is 19.6. The highest BCUT2D eigenvalue weighted by atomic mass is 19.3. The summed E-state index contributed by atoms with van der Waals surface area (Å²) in [5.74, 6) is -3.12. The number of hydrogen-bond acceptors (Lipinski definition) is 5. The van der Waals surface area contributed by atoms with Crippen LogP contribution in [0.15, 0.2) is 106 Å². The third-order valence-corrected chi connectivity index (χ3v) is 6.60. The SMILES string of the molecule is C#C.COC/C(C)=C/C(F)=C\C(=C\C=C(C(\C=C(\F)Cc1ccc(F)c(=O)n1C)=C\N)/N(C)C)[C@@H](C)Nc1ccc(F)cc1C(F)F. The second-order valence-electron chi connectivity index (χ2n) is 10.4. The lowest BCUT2D eigenvalue weighted by Gasteiger charge is -2.21. The lowest BCUT2D eigenvalue weighted by molar-refractivity contribution is 0.151. The van der Waals surface area contributed by atoms with Crippen LogP contribution in [0.2, 0.25) is 0 Å². The van der Waals surface area contributed by atoms with E-state index >= 15 is 8.78 Å². The second-order valence-corrected chi connectivity index (χ2v) is 10.4. The van der Waals surface area contributed by atoms with Crippen molar-refractivity contribution in [2.24, 2.45) is 12.8 Å². The molecular formula is C35H40F6N4O2. The Kier molecular flexibility index (Phi) is 16.7. The number of pyridine rings is 1. The molecule has 0 bridgehead atoms. The van der Waals surface area contributed by atoms with E-state index in [2.05, 4.69) is 18.2 Å². The number of benzene rings is 1. The Morgan fingerprint density at radius 2 is 1.74 bits per heavy atom. The van der Waals surface area contributed by atoms with Crippen molar-refractivity contribution in [3.05, 3.63) is 134 Å². The molecule has 12 heteroatoms. The minimum atomic E-state index is -2.97. The van der Waals surface area contributed by atoms with Crippen LogP contribution in [0.5, 0.6) is 0 Å². The van der Waals surface area contributed by atoms with Gasteiger partial charge in [-0.05, 0) is 79.6 Å². The average Bonchev–Trinajstić information content (AvgIpc) is 3.01. The zero-order chi connectivity index (χ0) is 35.8. The molecule has 1 aromatic heterocycles. The minimum Gasteiger partial charge on any atom is -0.404 e. The van der Waals surface area contributed by atoms with E-state index < -0.39 is 46.9 Å². The summed E-state index contributed by atoms with van der Waals surface area (Å²) in [5.41, 5.74) is 6.07. The summed E-state index contributed by atoms with van der Waals surface area (Å²) in [6.07, 6.45) is 12.5. The van der Waals surface area contributed by atoms with E-state index in [9.17, 15) is 22.4 Å². The van der Waals surface area contributed by atoms with Gasteiger partial charge >= 0.3 is 0 Å². The number of ether oxygens (including phenoxy) is 1. The Hall–Kier alpha value is -4.89. The van der Waals surface area contributed by atoms with E-state index in [-0.39, 0.29) is 30.0 Å². The number of rotatable bonds is 14. The van der Waals surface area contributed by atoms with Gasteiger partial charge in [-0.1, -0.05) is 6.08 Å². The van der Waals surface area contributed by atoms with Crippen LogP contribution in [0.25, 0.3) is 0 Å². The van der Waals surface area contributed by atoms with Crippen LogP contribution in [-0.2, 0) is 18.2 Å². The van der Waals surface area contributed by atoms with Gasteiger partial charge < -0.3 is 25.3 Å². The van der Waals surface area contributed by atoms with Crippen molar-refractivity contribution in [1.82, 2.24) is 9.47 Å². The van der Waals surface area contributed by atoms with E-state index in [1.165, 1.54) is 50.6 Å². The van der Waals surface area contributed by atoms with Crippen LogP contribution in [-0.4, -0.2) is 43.3 Å². The molecule has 0 fully saturated rings. The maximum Gasteiger partial charge on any atom is 0.286 e. The topological polar surface area (TPSA) is 72.5 Å².